The molecular weight excluding hydrogens is 170 g/mol. The fourth-order valence-electron chi connectivity index (χ4n) is 1.80. The van der Waals surface area contributed by atoms with Crippen LogP contribution in [0.5, 0.6) is 0 Å². The van der Waals surface area contributed by atoms with Gasteiger partial charge in [0.1, 0.15) is 0 Å². The summed E-state index contributed by atoms with van der Waals surface area (Å²) in [6, 6.07) is 0. The van der Waals surface area contributed by atoms with Crippen LogP contribution in [0.3, 0.4) is 0 Å². The van der Waals surface area contributed by atoms with Crippen molar-refractivity contribution in [2.45, 2.75) is 60.3 Å². The first-order valence-electron chi connectivity index (χ1n) is 6.22. The van der Waals surface area contributed by atoms with Crippen LogP contribution in [0.1, 0.15) is 60.3 Å². The number of hydrogen-bond donors (Lipinski definition) is 0. The van der Waals surface area contributed by atoms with Crippen LogP contribution in [-0.2, 0) is 0 Å². The quantitative estimate of drug-likeness (QED) is 0.600. The summed E-state index contributed by atoms with van der Waals surface area (Å²) in [6.07, 6.45) is 5.27. The highest BCUT2D eigenvalue weighted by Gasteiger charge is 2.10. The van der Waals surface area contributed by atoms with Gasteiger partial charge in [-0.25, -0.2) is 0 Å². The van der Waals surface area contributed by atoms with Gasteiger partial charge in [-0.2, -0.15) is 0 Å². The highest BCUT2D eigenvalue weighted by Crippen LogP contribution is 2.20. The molecule has 0 radical (unpaired) electrons. The van der Waals surface area contributed by atoms with Crippen LogP contribution >= 0.6 is 0 Å². The maximum absolute atomic E-state index is 2.60. The van der Waals surface area contributed by atoms with Crippen molar-refractivity contribution in [1.82, 2.24) is 4.90 Å². The molecule has 0 rings (SSSR count). The Morgan fingerprint density at radius 1 is 0.857 bits per heavy atom. The summed E-state index contributed by atoms with van der Waals surface area (Å²) in [7, 11) is 0. The first-order chi connectivity index (χ1) is 6.49. The predicted octanol–water partition coefficient (Wildman–Crippen LogP) is 3.93. The average Bonchev–Trinajstić information content (AvgIpc) is 2.02. The van der Waals surface area contributed by atoms with E-state index in [-0.39, 0.29) is 0 Å². The summed E-state index contributed by atoms with van der Waals surface area (Å²) in [5.41, 5.74) is 0.504. The van der Waals surface area contributed by atoms with Gasteiger partial charge in [-0.1, -0.05) is 34.6 Å². The molecule has 0 aromatic rings. The Labute approximate surface area is 90.9 Å². The van der Waals surface area contributed by atoms with Gasteiger partial charge in [-0.15, -0.1) is 0 Å². The highest BCUT2D eigenvalue weighted by atomic mass is 15.1. The Balaban J connectivity index is 3.60. The molecule has 0 spiro atoms. The van der Waals surface area contributed by atoms with Crippen molar-refractivity contribution in [2.24, 2.45) is 5.41 Å². The molecule has 0 amide bonds. The van der Waals surface area contributed by atoms with Gasteiger partial charge in [-0.3, -0.25) is 0 Å². The van der Waals surface area contributed by atoms with Crippen molar-refractivity contribution in [3.63, 3.8) is 0 Å². The number of rotatable bonds is 7. The molecular formula is C13H29N. The third kappa shape index (κ3) is 8.55. The second-order valence-corrected chi connectivity index (χ2v) is 5.51. The van der Waals surface area contributed by atoms with Crippen LogP contribution in [0.15, 0.2) is 0 Å². The molecule has 1 heteroatoms. The van der Waals surface area contributed by atoms with E-state index in [0.717, 1.165) is 0 Å². The van der Waals surface area contributed by atoms with E-state index in [4.69, 9.17) is 0 Å². The predicted molar refractivity (Wildman–Crippen MR) is 65.7 cm³/mol. The summed E-state index contributed by atoms with van der Waals surface area (Å²) in [4.78, 5) is 2.60. The molecule has 0 unspecified atom stereocenters. The van der Waals surface area contributed by atoms with Crippen molar-refractivity contribution in [1.29, 1.82) is 0 Å². The minimum absolute atomic E-state index is 0.504. The molecule has 0 N–H and O–H groups in total. The first-order valence-corrected chi connectivity index (χ1v) is 6.22. The molecule has 0 aromatic carbocycles. The van der Waals surface area contributed by atoms with Crippen LogP contribution in [0, 0.1) is 5.41 Å². The summed E-state index contributed by atoms with van der Waals surface area (Å²) in [5, 5.41) is 0. The van der Waals surface area contributed by atoms with Gasteiger partial charge in [0.05, 0.1) is 0 Å². The molecule has 0 atom stereocenters. The maximum atomic E-state index is 2.60. The zero-order chi connectivity index (χ0) is 11.0. The average molecular weight is 199 g/mol. The lowest BCUT2D eigenvalue weighted by Gasteiger charge is -2.24. The Morgan fingerprint density at radius 3 is 1.71 bits per heavy atom. The van der Waals surface area contributed by atoms with Crippen LogP contribution < -0.4 is 0 Å². The van der Waals surface area contributed by atoms with E-state index in [1.165, 1.54) is 45.3 Å². The zero-order valence-corrected chi connectivity index (χ0v) is 10.9. The van der Waals surface area contributed by atoms with E-state index in [9.17, 15) is 0 Å². The summed E-state index contributed by atoms with van der Waals surface area (Å²) in [5.74, 6) is 0. The normalized spacial score (nSPS) is 12.4. The van der Waals surface area contributed by atoms with Crippen LogP contribution in [-0.4, -0.2) is 24.5 Å². The first kappa shape index (κ1) is 14.0. The highest BCUT2D eigenvalue weighted by molar-refractivity contribution is 4.64. The Kier molecular flexibility index (Phi) is 7.26. The molecule has 0 aliphatic carbocycles. The SMILES string of the molecule is CCCN(CCC)CCCC(C)(C)C. The lowest BCUT2D eigenvalue weighted by Crippen LogP contribution is -2.27. The van der Waals surface area contributed by atoms with Gasteiger partial charge < -0.3 is 4.90 Å². The largest absolute Gasteiger partial charge is 0.303 e. The standard InChI is InChI=1S/C13H29N/c1-6-10-14(11-7-2)12-8-9-13(3,4)5/h6-12H2,1-5H3. The molecule has 14 heavy (non-hydrogen) atoms. The van der Waals surface area contributed by atoms with Gasteiger partial charge >= 0.3 is 0 Å². The fraction of sp³-hybridized carbons (Fsp3) is 1.00. The van der Waals surface area contributed by atoms with Crippen LogP contribution in [0.4, 0.5) is 0 Å². The Morgan fingerprint density at radius 2 is 1.36 bits per heavy atom. The van der Waals surface area contributed by atoms with Crippen LogP contribution in [0.2, 0.25) is 0 Å². The van der Waals surface area contributed by atoms with E-state index in [0.29, 0.717) is 5.41 Å². The topological polar surface area (TPSA) is 3.24 Å². The molecule has 0 saturated heterocycles. The molecule has 0 saturated carbocycles. The number of hydrogen-bond acceptors (Lipinski definition) is 1. The molecule has 0 aliphatic rings. The van der Waals surface area contributed by atoms with E-state index < -0.39 is 0 Å². The number of nitrogens with zero attached hydrogens (tertiary/aromatic N) is 1. The molecule has 0 heterocycles. The van der Waals surface area contributed by atoms with Crippen molar-refractivity contribution in [3.05, 3.63) is 0 Å². The smallest absolute Gasteiger partial charge is 0.00185 e. The summed E-state index contributed by atoms with van der Waals surface area (Å²) >= 11 is 0. The van der Waals surface area contributed by atoms with Gasteiger partial charge in [0.2, 0.25) is 0 Å². The molecule has 0 aliphatic heterocycles. The molecule has 0 fully saturated rings. The van der Waals surface area contributed by atoms with Crippen LogP contribution in [0.25, 0.3) is 0 Å². The van der Waals surface area contributed by atoms with Gasteiger partial charge in [0.15, 0.2) is 0 Å². The van der Waals surface area contributed by atoms with E-state index >= 15 is 0 Å². The second kappa shape index (κ2) is 7.28. The lowest BCUT2D eigenvalue weighted by atomic mass is 9.90. The molecule has 86 valence electrons. The monoisotopic (exact) mass is 199 g/mol. The van der Waals surface area contributed by atoms with Crippen molar-refractivity contribution in [2.75, 3.05) is 19.6 Å². The minimum atomic E-state index is 0.504. The van der Waals surface area contributed by atoms with E-state index in [1.54, 1.807) is 0 Å². The lowest BCUT2D eigenvalue weighted by molar-refractivity contribution is 0.248. The van der Waals surface area contributed by atoms with E-state index in [1.807, 2.05) is 0 Å². The van der Waals surface area contributed by atoms with Gasteiger partial charge in [0.25, 0.3) is 0 Å². The van der Waals surface area contributed by atoms with Gasteiger partial charge in [-0.05, 0) is 50.7 Å². The van der Waals surface area contributed by atoms with E-state index in [2.05, 4.69) is 39.5 Å². The van der Waals surface area contributed by atoms with Gasteiger partial charge in [0, 0.05) is 0 Å². The molecule has 0 aromatic heterocycles. The van der Waals surface area contributed by atoms with Crippen molar-refractivity contribution >= 4 is 0 Å². The zero-order valence-electron chi connectivity index (χ0n) is 10.9. The molecule has 0 bridgehead atoms. The second-order valence-electron chi connectivity index (χ2n) is 5.51. The third-order valence-corrected chi connectivity index (χ3v) is 2.48. The summed E-state index contributed by atoms with van der Waals surface area (Å²) < 4.78 is 0. The summed E-state index contributed by atoms with van der Waals surface area (Å²) in [6.45, 7) is 15.4. The Bertz CT molecular complexity index is 118. The minimum Gasteiger partial charge on any atom is -0.303 e. The molecule has 1 nitrogen and oxygen atoms in total. The third-order valence-electron chi connectivity index (χ3n) is 2.48. The maximum Gasteiger partial charge on any atom is -0.00185 e. The van der Waals surface area contributed by atoms with Crippen molar-refractivity contribution in [3.8, 4) is 0 Å². The van der Waals surface area contributed by atoms with Crippen molar-refractivity contribution < 1.29 is 0 Å². The Hall–Kier alpha value is -0.0400. The fourth-order valence-corrected chi connectivity index (χ4v) is 1.80.